The Bertz CT molecular complexity index is 358. The average Bonchev–Trinajstić information content (AvgIpc) is 2.66. The maximum absolute atomic E-state index is 12.5. The van der Waals surface area contributed by atoms with Gasteiger partial charge in [-0.15, -0.1) is 0 Å². The van der Waals surface area contributed by atoms with E-state index in [4.69, 9.17) is 0 Å². The van der Waals surface area contributed by atoms with Crippen LogP contribution >= 0.6 is 31.9 Å². The second kappa shape index (κ2) is 8.54. The lowest BCUT2D eigenvalue weighted by molar-refractivity contribution is -0.139. The van der Waals surface area contributed by atoms with Gasteiger partial charge in [0.2, 0.25) is 0 Å². The first-order chi connectivity index (χ1) is 9.47. The summed E-state index contributed by atoms with van der Waals surface area (Å²) >= 11 is 6.73. The molecule has 5 heteroatoms. The number of hydrogen-bond acceptors (Lipinski definition) is 2. The molecule has 0 saturated carbocycles. The quantitative estimate of drug-likeness (QED) is 0.453. The van der Waals surface area contributed by atoms with Crippen molar-refractivity contribution in [3.8, 4) is 0 Å². The summed E-state index contributed by atoms with van der Waals surface area (Å²) in [6.45, 7) is 4.85. The molecule has 0 aromatic rings. The van der Waals surface area contributed by atoms with Crippen LogP contribution < -0.4 is 0 Å². The molecule has 1 rings (SSSR count). The third kappa shape index (κ3) is 4.31. The molecule has 3 nitrogen and oxygen atoms in total. The van der Waals surface area contributed by atoms with Gasteiger partial charge in [0, 0.05) is 12.1 Å². The number of amides is 1. The highest BCUT2D eigenvalue weighted by Crippen LogP contribution is 2.37. The molecule has 1 atom stereocenters. The lowest BCUT2D eigenvalue weighted by Crippen LogP contribution is -2.51. The summed E-state index contributed by atoms with van der Waals surface area (Å²) in [5.74, 6) is -0.0126. The fourth-order valence-corrected chi connectivity index (χ4v) is 3.19. The van der Waals surface area contributed by atoms with Crippen LogP contribution in [0, 0.1) is 0 Å². The summed E-state index contributed by atoms with van der Waals surface area (Å²) in [7, 11) is 0. The highest BCUT2D eigenvalue weighted by atomic mass is 79.9. The van der Waals surface area contributed by atoms with Gasteiger partial charge in [-0.05, 0) is 25.3 Å². The number of hydrogen-bond donors (Lipinski definition) is 1. The van der Waals surface area contributed by atoms with Gasteiger partial charge in [0.15, 0.2) is 5.72 Å². The Balaban J connectivity index is 2.73. The molecule has 0 bridgehead atoms. The van der Waals surface area contributed by atoms with Gasteiger partial charge in [-0.3, -0.25) is 4.79 Å². The maximum atomic E-state index is 12.5. The normalized spacial score (nSPS) is 22.8. The maximum Gasteiger partial charge on any atom is 0.252 e. The van der Waals surface area contributed by atoms with Crippen LogP contribution in [0.3, 0.4) is 0 Å². The van der Waals surface area contributed by atoms with E-state index in [1.807, 2.05) is 0 Å². The first kappa shape index (κ1) is 18.2. The molecule has 0 aliphatic carbocycles. The minimum Gasteiger partial charge on any atom is -0.366 e. The fraction of sp³-hybridized carbons (Fsp3) is 0.800. The van der Waals surface area contributed by atoms with Crippen LogP contribution in [0.25, 0.3) is 0 Å². The van der Waals surface area contributed by atoms with Gasteiger partial charge in [0.1, 0.15) is 3.74 Å². The Morgan fingerprint density at radius 1 is 1.20 bits per heavy atom. The van der Waals surface area contributed by atoms with Crippen molar-refractivity contribution < 1.29 is 9.90 Å². The SMILES string of the molecule is CCCCCCC1=CC(O)(C(Br)Br)N(CCCC)C1=O. The van der Waals surface area contributed by atoms with E-state index in [1.165, 1.54) is 12.8 Å². The standard InChI is InChI=1S/C15H25Br2NO2/c1-3-5-7-8-9-12-11-15(20,14(16)17)18(13(12)19)10-6-4-2/h11,14,20H,3-10H2,1-2H3. The summed E-state index contributed by atoms with van der Waals surface area (Å²) in [5.41, 5.74) is -0.490. The molecule has 1 N–H and O–H groups in total. The first-order valence-corrected chi connectivity index (χ1v) is 9.34. The van der Waals surface area contributed by atoms with Crippen LogP contribution in [-0.4, -0.2) is 31.9 Å². The molecule has 1 amide bonds. The molecule has 1 unspecified atom stereocenters. The molecule has 0 saturated heterocycles. The third-order valence-corrected chi connectivity index (χ3v) is 5.04. The highest BCUT2D eigenvalue weighted by molar-refractivity contribution is 9.24. The van der Waals surface area contributed by atoms with Crippen LogP contribution in [0.15, 0.2) is 11.6 Å². The van der Waals surface area contributed by atoms with E-state index >= 15 is 0 Å². The number of carbonyl (C=O) groups is 1. The predicted molar refractivity (Wildman–Crippen MR) is 90.1 cm³/mol. The van der Waals surface area contributed by atoms with Gasteiger partial charge in [0.25, 0.3) is 5.91 Å². The summed E-state index contributed by atoms with van der Waals surface area (Å²) in [6.07, 6.45) is 8.92. The number of carbonyl (C=O) groups excluding carboxylic acids is 1. The molecule has 1 aliphatic heterocycles. The lowest BCUT2D eigenvalue weighted by Gasteiger charge is -2.34. The van der Waals surface area contributed by atoms with E-state index in [-0.39, 0.29) is 9.64 Å². The Hall–Kier alpha value is 0.130. The van der Waals surface area contributed by atoms with E-state index in [0.29, 0.717) is 6.54 Å². The highest BCUT2D eigenvalue weighted by Gasteiger charge is 2.46. The van der Waals surface area contributed by atoms with Gasteiger partial charge in [-0.2, -0.15) is 0 Å². The van der Waals surface area contributed by atoms with Gasteiger partial charge < -0.3 is 10.0 Å². The number of halogens is 2. The van der Waals surface area contributed by atoms with Crippen molar-refractivity contribution in [2.24, 2.45) is 0 Å². The van der Waals surface area contributed by atoms with Crippen molar-refractivity contribution in [3.63, 3.8) is 0 Å². The summed E-state index contributed by atoms with van der Waals surface area (Å²) in [6, 6.07) is 0. The zero-order valence-electron chi connectivity index (χ0n) is 12.4. The number of rotatable bonds is 9. The molecular formula is C15H25Br2NO2. The number of aliphatic hydroxyl groups is 1. The van der Waals surface area contributed by atoms with Crippen LogP contribution in [0.1, 0.15) is 58.8 Å². The second-order valence-corrected chi connectivity index (χ2v) is 8.43. The summed E-state index contributed by atoms with van der Waals surface area (Å²) in [5, 5.41) is 10.7. The molecule has 0 spiro atoms. The number of unbranched alkanes of at least 4 members (excludes halogenated alkanes) is 4. The molecule has 0 radical (unpaired) electrons. The molecule has 20 heavy (non-hydrogen) atoms. The molecule has 116 valence electrons. The van der Waals surface area contributed by atoms with Crippen molar-refractivity contribution in [2.75, 3.05) is 6.54 Å². The van der Waals surface area contributed by atoms with Crippen LogP contribution in [-0.2, 0) is 4.79 Å². The average molecular weight is 411 g/mol. The van der Waals surface area contributed by atoms with E-state index < -0.39 is 5.72 Å². The van der Waals surface area contributed by atoms with E-state index in [2.05, 4.69) is 45.7 Å². The van der Waals surface area contributed by atoms with Gasteiger partial charge >= 0.3 is 0 Å². The van der Waals surface area contributed by atoms with Crippen molar-refractivity contribution >= 4 is 37.8 Å². The van der Waals surface area contributed by atoms with Gasteiger partial charge in [-0.1, -0.05) is 71.4 Å². The Morgan fingerprint density at radius 2 is 1.85 bits per heavy atom. The number of alkyl halides is 2. The summed E-state index contributed by atoms with van der Waals surface area (Å²) in [4.78, 5) is 14.0. The first-order valence-electron chi connectivity index (χ1n) is 7.51. The van der Waals surface area contributed by atoms with Gasteiger partial charge in [-0.25, -0.2) is 0 Å². The molecular weight excluding hydrogens is 386 g/mol. The smallest absolute Gasteiger partial charge is 0.252 e. The molecule has 1 aliphatic rings. The predicted octanol–water partition coefficient (Wildman–Crippen LogP) is 4.33. The van der Waals surface area contributed by atoms with E-state index in [0.717, 1.165) is 37.7 Å². The van der Waals surface area contributed by atoms with Crippen molar-refractivity contribution in [1.82, 2.24) is 4.90 Å². The fourth-order valence-electron chi connectivity index (χ4n) is 2.43. The topological polar surface area (TPSA) is 40.5 Å². The van der Waals surface area contributed by atoms with Crippen LogP contribution in [0.2, 0.25) is 0 Å². The van der Waals surface area contributed by atoms with E-state index in [1.54, 1.807) is 11.0 Å². The molecule has 0 fully saturated rings. The minimum atomic E-state index is -1.24. The second-order valence-electron chi connectivity index (χ2n) is 5.37. The molecule has 0 aromatic carbocycles. The zero-order valence-corrected chi connectivity index (χ0v) is 15.5. The Kier molecular flexibility index (Phi) is 7.77. The third-order valence-electron chi connectivity index (χ3n) is 3.70. The largest absolute Gasteiger partial charge is 0.366 e. The van der Waals surface area contributed by atoms with Crippen molar-refractivity contribution in [1.29, 1.82) is 0 Å². The Morgan fingerprint density at radius 3 is 2.40 bits per heavy atom. The Labute approximate surface area is 139 Å². The van der Waals surface area contributed by atoms with Crippen LogP contribution in [0.4, 0.5) is 0 Å². The number of nitrogens with zero attached hydrogens (tertiary/aromatic N) is 1. The molecule has 0 aromatic heterocycles. The van der Waals surface area contributed by atoms with E-state index in [9.17, 15) is 9.90 Å². The minimum absolute atomic E-state index is 0.0126. The monoisotopic (exact) mass is 409 g/mol. The van der Waals surface area contributed by atoms with Crippen molar-refractivity contribution in [3.05, 3.63) is 11.6 Å². The van der Waals surface area contributed by atoms with Gasteiger partial charge in [0.05, 0.1) is 0 Å². The lowest BCUT2D eigenvalue weighted by atomic mass is 10.1. The van der Waals surface area contributed by atoms with Crippen LogP contribution in [0.5, 0.6) is 0 Å². The zero-order chi connectivity index (χ0) is 15.2. The molecule has 1 heterocycles. The summed E-state index contributed by atoms with van der Waals surface area (Å²) < 4.78 is -0.351. The van der Waals surface area contributed by atoms with Crippen molar-refractivity contribution in [2.45, 2.75) is 68.3 Å².